The van der Waals surface area contributed by atoms with Crippen molar-refractivity contribution in [2.45, 2.75) is 26.2 Å². The Labute approximate surface area is 168 Å². The van der Waals surface area contributed by atoms with E-state index in [1.807, 2.05) is 0 Å². The van der Waals surface area contributed by atoms with Gasteiger partial charge in [0, 0.05) is 55.6 Å². The van der Waals surface area contributed by atoms with Gasteiger partial charge in [-0.3, -0.25) is 9.88 Å². The predicted molar refractivity (Wildman–Crippen MR) is 113 cm³/mol. The summed E-state index contributed by atoms with van der Waals surface area (Å²) in [6, 6.07) is 8.58. The van der Waals surface area contributed by atoms with Crippen LogP contribution in [0.25, 0.3) is 10.9 Å². The molecule has 0 N–H and O–H groups in total. The van der Waals surface area contributed by atoms with Gasteiger partial charge < -0.3 is 14.4 Å². The fraction of sp³-hybridized carbons (Fsp3) is 0.571. The zero-order valence-corrected chi connectivity index (χ0v) is 17.0. The van der Waals surface area contributed by atoms with Crippen molar-refractivity contribution in [2.75, 3.05) is 57.4 Å². The quantitative estimate of drug-likeness (QED) is 0.702. The SMILES string of the molecule is Cc1cc(N2CCCC2)c2ccc(OCCCN3CCOCC3)cc2n1.Cl. The second-order valence-electron chi connectivity index (χ2n) is 7.31. The molecule has 27 heavy (non-hydrogen) atoms. The Hall–Kier alpha value is -1.56. The third-order valence-electron chi connectivity index (χ3n) is 5.33. The van der Waals surface area contributed by atoms with Crippen molar-refractivity contribution in [1.82, 2.24) is 9.88 Å². The lowest BCUT2D eigenvalue weighted by atomic mass is 10.1. The Morgan fingerprint density at radius 2 is 1.85 bits per heavy atom. The first-order valence-corrected chi connectivity index (χ1v) is 9.89. The van der Waals surface area contributed by atoms with Crippen LogP contribution in [-0.4, -0.2) is 62.4 Å². The molecule has 0 unspecified atom stereocenters. The Balaban J connectivity index is 0.00000210. The van der Waals surface area contributed by atoms with Crippen LogP contribution in [0.3, 0.4) is 0 Å². The molecular formula is C21H30ClN3O2. The minimum Gasteiger partial charge on any atom is -0.493 e. The van der Waals surface area contributed by atoms with Crippen molar-refractivity contribution < 1.29 is 9.47 Å². The Kier molecular flexibility index (Phi) is 7.16. The molecule has 6 heteroatoms. The number of hydrogen-bond acceptors (Lipinski definition) is 5. The molecule has 0 aliphatic carbocycles. The van der Waals surface area contributed by atoms with E-state index >= 15 is 0 Å². The van der Waals surface area contributed by atoms with Crippen LogP contribution in [0.1, 0.15) is 25.0 Å². The van der Waals surface area contributed by atoms with E-state index in [0.29, 0.717) is 0 Å². The standard InChI is InChI=1S/C21H29N3O2.ClH/c1-17-15-21(24-8-2-3-9-24)19-6-5-18(16-20(19)22-17)26-12-4-7-23-10-13-25-14-11-23;/h5-6,15-16H,2-4,7-14H2,1H3;1H. The Bertz CT molecular complexity index is 744. The van der Waals surface area contributed by atoms with Gasteiger partial charge in [-0.05, 0) is 44.4 Å². The van der Waals surface area contributed by atoms with Gasteiger partial charge in [-0.15, -0.1) is 12.4 Å². The van der Waals surface area contributed by atoms with E-state index in [2.05, 4.69) is 41.0 Å². The van der Waals surface area contributed by atoms with Gasteiger partial charge in [0.05, 0.1) is 25.3 Å². The van der Waals surface area contributed by atoms with Gasteiger partial charge in [-0.1, -0.05) is 0 Å². The predicted octanol–water partition coefficient (Wildman–Crippen LogP) is 3.67. The molecule has 1 aromatic carbocycles. The van der Waals surface area contributed by atoms with Crippen LogP contribution in [0, 0.1) is 6.92 Å². The number of ether oxygens (including phenoxy) is 2. The molecule has 4 rings (SSSR count). The molecule has 2 aliphatic rings. The fourth-order valence-electron chi connectivity index (χ4n) is 3.93. The van der Waals surface area contributed by atoms with Crippen LogP contribution < -0.4 is 9.64 Å². The van der Waals surface area contributed by atoms with Crippen LogP contribution in [-0.2, 0) is 4.74 Å². The van der Waals surface area contributed by atoms with Gasteiger partial charge in [0.2, 0.25) is 0 Å². The molecule has 0 amide bonds. The lowest BCUT2D eigenvalue weighted by molar-refractivity contribution is 0.0358. The molecule has 2 fully saturated rings. The van der Waals surface area contributed by atoms with Crippen molar-refractivity contribution in [1.29, 1.82) is 0 Å². The third kappa shape index (κ3) is 5.03. The summed E-state index contributed by atoms with van der Waals surface area (Å²) in [4.78, 5) is 9.67. The van der Waals surface area contributed by atoms with Crippen molar-refractivity contribution in [3.8, 4) is 5.75 Å². The molecule has 0 atom stereocenters. The average molecular weight is 392 g/mol. The van der Waals surface area contributed by atoms with Crippen LogP contribution in [0.5, 0.6) is 5.75 Å². The summed E-state index contributed by atoms with van der Waals surface area (Å²) in [5.41, 5.74) is 3.44. The molecule has 5 nitrogen and oxygen atoms in total. The first kappa shape index (κ1) is 20.2. The number of nitrogens with zero attached hydrogens (tertiary/aromatic N) is 3. The summed E-state index contributed by atoms with van der Waals surface area (Å²) in [5.74, 6) is 0.921. The highest BCUT2D eigenvalue weighted by atomic mass is 35.5. The Morgan fingerprint density at radius 1 is 1.07 bits per heavy atom. The number of anilines is 1. The van der Waals surface area contributed by atoms with Gasteiger partial charge in [-0.2, -0.15) is 0 Å². The number of hydrogen-bond donors (Lipinski definition) is 0. The van der Waals surface area contributed by atoms with E-state index in [0.717, 1.165) is 75.9 Å². The maximum Gasteiger partial charge on any atom is 0.121 e. The summed E-state index contributed by atoms with van der Waals surface area (Å²) < 4.78 is 11.4. The van der Waals surface area contributed by atoms with Crippen LogP contribution >= 0.6 is 12.4 Å². The topological polar surface area (TPSA) is 37.8 Å². The maximum absolute atomic E-state index is 6.00. The smallest absolute Gasteiger partial charge is 0.121 e. The number of halogens is 1. The zero-order valence-electron chi connectivity index (χ0n) is 16.2. The second-order valence-corrected chi connectivity index (χ2v) is 7.31. The minimum atomic E-state index is 0. The number of rotatable bonds is 6. The number of morpholine rings is 1. The largest absolute Gasteiger partial charge is 0.493 e. The molecule has 0 radical (unpaired) electrons. The van der Waals surface area contributed by atoms with Gasteiger partial charge in [0.25, 0.3) is 0 Å². The molecule has 0 spiro atoms. The van der Waals surface area contributed by atoms with E-state index in [4.69, 9.17) is 14.5 Å². The van der Waals surface area contributed by atoms with Crippen LogP contribution in [0.15, 0.2) is 24.3 Å². The summed E-state index contributed by atoms with van der Waals surface area (Å²) in [5, 5.41) is 1.23. The molecule has 3 heterocycles. The van der Waals surface area contributed by atoms with Gasteiger partial charge in [0.1, 0.15) is 5.75 Å². The highest BCUT2D eigenvalue weighted by molar-refractivity contribution is 5.93. The number of pyridine rings is 1. The van der Waals surface area contributed by atoms with Crippen LogP contribution in [0.4, 0.5) is 5.69 Å². The maximum atomic E-state index is 6.00. The summed E-state index contributed by atoms with van der Waals surface area (Å²) in [6.45, 7) is 10.00. The van der Waals surface area contributed by atoms with Gasteiger partial charge in [-0.25, -0.2) is 0 Å². The van der Waals surface area contributed by atoms with Crippen molar-refractivity contribution in [2.24, 2.45) is 0 Å². The summed E-state index contributed by atoms with van der Waals surface area (Å²) in [6.07, 6.45) is 3.61. The van der Waals surface area contributed by atoms with Crippen molar-refractivity contribution in [3.05, 3.63) is 30.0 Å². The molecule has 2 aromatic rings. The monoisotopic (exact) mass is 391 g/mol. The zero-order chi connectivity index (χ0) is 17.8. The van der Waals surface area contributed by atoms with Gasteiger partial charge >= 0.3 is 0 Å². The van der Waals surface area contributed by atoms with Gasteiger partial charge in [0.15, 0.2) is 0 Å². The van der Waals surface area contributed by atoms with E-state index < -0.39 is 0 Å². The van der Waals surface area contributed by atoms with E-state index in [1.165, 1.54) is 23.9 Å². The first-order valence-electron chi connectivity index (χ1n) is 9.89. The summed E-state index contributed by atoms with van der Waals surface area (Å²) in [7, 11) is 0. The number of fused-ring (bicyclic) bond motifs is 1. The molecule has 0 saturated carbocycles. The molecule has 2 aliphatic heterocycles. The molecule has 2 saturated heterocycles. The highest BCUT2D eigenvalue weighted by Crippen LogP contribution is 2.31. The third-order valence-corrected chi connectivity index (χ3v) is 5.33. The molecule has 1 aromatic heterocycles. The highest BCUT2D eigenvalue weighted by Gasteiger charge is 2.16. The Morgan fingerprint density at radius 3 is 2.63 bits per heavy atom. The van der Waals surface area contributed by atoms with E-state index in [9.17, 15) is 0 Å². The summed E-state index contributed by atoms with van der Waals surface area (Å²) >= 11 is 0. The lowest BCUT2D eigenvalue weighted by Crippen LogP contribution is -2.37. The normalized spacial score (nSPS) is 17.9. The minimum absolute atomic E-state index is 0. The second kappa shape index (κ2) is 9.58. The molecule has 0 bridgehead atoms. The van der Waals surface area contributed by atoms with E-state index in [-0.39, 0.29) is 12.4 Å². The van der Waals surface area contributed by atoms with Crippen LogP contribution in [0.2, 0.25) is 0 Å². The van der Waals surface area contributed by atoms with Crippen molar-refractivity contribution in [3.63, 3.8) is 0 Å². The first-order chi connectivity index (χ1) is 12.8. The van der Waals surface area contributed by atoms with Crippen molar-refractivity contribution >= 4 is 29.0 Å². The average Bonchev–Trinajstić information content (AvgIpc) is 3.20. The number of benzene rings is 1. The lowest BCUT2D eigenvalue weighted by Gasteiger charge is -2.26. The molecule has 148 valence electrons. The number of aromatic nitrogens is 1. The number of aryl methyl sites for hydroxylation is 1. The fourth-order valence-corrected chi connectivity index (χ4v) is 3.93. The van der Waals surface area contributed by atoms with E-state index in [1.54, 1.807) is 0 Å². The molecular weight excluding hydrogens is 362 g/mol.